The summed E-state index contributed by atoms with van der Waals surface area (Å²) < 4.78 is 0. The Labute approximate surface area is 58.4 Å². The van der Waals surface area contributed by atoms with Crippen molar-refractivity contribution in [3.63, 3.8) is 0 Å². The highest BCUT2D eigenvalue weighted by molar-refractivity contribution is 5.91. The molecule has 0 aliphatic rings. The fourth-order valence-corrected chi connectivity index (χ4v) is 0.458. The molecule has 0 heterocycles. The van der Waals surface area contributed by atoms with Gasteiger partial charge in [0.15, 0.2) is 0 Å². The molecule has 0 saturated heterocycles. The molecular formula is C6H9NO3. The fourth-order valence-electron chi connectivity index (χ4n) is 0.458. The van der Waals surface area contributed by atoms with E-state index < -0.39 is 5.91 Å². The monoisotopic (exact) mass is 143 g/mol. The van der Waals surface area contributed by atoms with Crippen LogP contribution in [0, 0.1) is 0 Å². The summed E-state index contributed by atoms with van der Waals surface area (Å²) >= 11 is 0. The lowest BCUT2D eigenvalue weighted by Crippen LogP contribution is -2.12. The van der Waals surface area contributed by atoms with E-state index in [1.54, 1.807) is 0 Å². The van der Waals surface area contributed by atoms with Gasteiger partial charge in [-0.05, 0) is 0 Å². The topological polar surface area (TPSA) is 77.2 Å². The van der Waals surface area contributed by atoms with Crippen LogP contribution in [0.25, 0.3) is 0 Å². The molecule has 0 aliphatic carbocycles. The van der Waals surface area contributed by atoms with Crippen LogP contribution >= 0.6 is 0 Å². The number of Topliss-reactive ketones (excluding diaryl/α,β-unsaturated/α-hetero) is 1. The lowest BCUT2D eigenvalue weighted by Gasteiger charge is -1.90. The van der Waals surface area contributed by atoms with E-state index in [-0.39, 0.29) is 25.0 Å². The van der Waals surface area contributed by atoms with Crippen molar-refractivity contribution in [2.75, 3.05) is 0 Å². The molecule has 0 rings (SSSR count). The zero-order chi connectivity index (χ0) is 7.98. The SMILES string of the molecule is NC(=O)CCC(=O)CC=O. The minimum Gasteiger partial charge on any atom is -0.370 e. The molecule has 0 aromatic rings. The second-order valence-corrected chi connectivity index (χ2v) is 1.88. The molecule has 4 nitrogen and oxygen atoms in total. The first-order chi connectivity index (χ1) is 4.66. The molecule has 0 radical (unpaired) electrons. The predicted molar refractivity (Wildman–Crippen MR) is 34.1 cm³/mol. The molecule has 0 unspecified atom stereocenters. The zero-order valence-corrected chi connectivity index (χ0v) is 5.50. The number of ketones is 1. The van der Waals surface area contributed by atoms with Gasteiger partial charge in [-0.1, -0.05) is 0 Å². The van der Waals surface area contributed by atoms with E-state index >= 15 is 0 Å². The summed E-state index contributed by atoms with van der Waals surface area (Å²) in [6.45, 7) is 0. The van der Waals surface area contributed by atoms with Crippen LogP contribution in [0.2, 0.25) is 0 Å². The third-order valence-corrected chi connectivity index (χ3v) is 0.961. The van der Waals surface area contributed by atoms with Crippen LogP contribution in [0.4, 0.5) is 0 Å². The minimum atomic E-state index is -0.515. The number of carbonyl (C=O) groups is 3. The maximum Gasteiger partial charge on any atom is 0.217 e. The fraction of sp³-hybridized carbons (Fsp3) is 0.500. The molecule has 0 aromatic heterocycles. The number of rotatable bonds is 5. The Morgan fingerprint density at radius 3 is 2.30 bits per heavy atom. The largest absolute Gasteiger partial charge is 0.370 e. The average molecular weight is 143 g/mol. The lowest BCUT2D eigenvalue weighted by molar-refractivity contribution is -0.125. The van der Waals surface area contributed by atoms with Crippen LogP contribution in [0.15, 0.2) is 0 Å². The predicted octanol–water partition coefficient (Wildman–Crippen LogP) is -0.590. The molecule has 0 bridgehead atoms. The van der Waals surface area contributed by atoms with E-state index in [2.05, 4.69) is 0 Å². The molecule has 1 amide bonds. The maximum absolute atomic E-state index is 10.5. The summed E-state index contributed by atoms with van der Waals surface area (Å²) in [5, 5.41) is 0. The molecule has 2 N–H and O–H groups in total. The average Bonchev–Trinajstić information content (AvgIpc) is 1.85. The number of carbonyl (C=O) groups excluding carboxylic acids is 3. The van der Waals surface area contributed by atoms with E-state index in [1.807, 2.05) is 0 Å². The van der Waals surface area contributed by atoms with Gasteiger partial charge >= 0.3 is 0 Å². The Bertz CT molecular complexity index is 153. The molecule has 10 heavy (non-hydrogen) atoms. The normalized spacial score (nSPS) is 8.80. The number of nitrogens with two attached hydrogens (primary N) is 1. The van der Waals surface area contributed by atoms with E-state index in [1.165, 1.54) is 0 Å². The first-order valence-corrected chi connectivity index (χ1v) is 2.90. The maximum atomic E-state index is 10.5. The van der Waals surface area contributed by atoms with Gasteiger partial charge in [-0.3, -0.25) is 9.59 Å². The van der Waals surface area contributed by atoms with Crippen LogP contribution in [0.3, 0.4) is 0 Å². The summed E-state index contributed by atoms with van der Waals surface area (Å²) in [7, 11) is 0. The van der Waals surface area contributed by atoms with Crippen molar-refractivity contribution >= 4 is 18.0 Å². The second kappa shape index (κ2) is 4.67. The number of hydrogen-bond donors (Lipinski definition) is 1. The van der Waals surface area contributed by atoms with Crippen molar-refractivity contribution in [2.45, 2.75) is 19.3 Å². The van der Waals surface area contributed by atoms with Crippen LogP contribution in [0.5, 0.6) is 0 Å². The molecule has 56 valence electrons. The molecule has 0 atom stereocenters. The summed E-state index contributed by atoms with van der Waals surface area (Å²) in [5.74, 6) is -0.756. The van der Waals surface area contributed by atoms with Gasteiger partial charge in [-0.2, -0.15) is 0 Å². The number of primary amides is 1. The van der Waals surface area contributed by atoms with Crippen molar-refractivity contribution < 1.29 is 14.4 Å². The minimum absolute atomic E-state index is 0.0344. The zero-order valence-electron chi connectivity index (χ0n) is 5.50. The molecule has 0 fully saturated rings. The highest BCUT2D eigenvalue weighted by Gasteiger charge is 2.02. The van der Waals surface area contributed by atoms with Crippen LogP contribution in [-0.4, -0.2) is 18.0 Å². The van der Waals surface area contributed by atoms with Gasteiger partial charge in [0.25, 0.3) is 0 Å². The number of amides is 1. The highest BCUT2D eigenvalue weighted by atomic mass is 16.1. The lowest BCUT2D eigenvalue weighted by atomic mass is 10.2. The third-order valence-electron chi connectivity index (χ3n) is 0.961. The third kappa shape index (κ3) is 4.96. The van der Waals surface area contributed by atoms with Gasteiger partial charge in [0, 0.05) is 12.8 Å². The number of aldehydes is 1. The molecule has 0 aromatic carbocycles. The van der Waals surface area contributed by atoms with Crippen molar-refractivity contribution in [2.24, 2.45) is 5.73 Å². The van der Waals surface area contributed by atoms with Gasteiger partial charge in [0.1, 0.15) is 12.1 Å². The standard InChI is InChI=1S/C6H9NO3/c7-6(10)2-1-5(9)3-4-8/h4H,1-3H2,(H2,7,10). The Kier molecular flexibility index (Phi) is 4.11. The second-order valence-electron chi connectivity index (χ2n) is 1.88. The van der Waals surface area contributed by atoms with Crippen LogP contribution in [0.1, 0.15) is 19.3 Å². The van der Waals surface area contributed by atoms with E-state index in [4.69, 9.17) is 5.73 Å². The van der Waals surface area contributed by atoms with Crippen LogP contribution in [-0.2, 0) is 14.4 Å². The molecule has 4 heteroatoms. The molecule has 0 aliphatic heterocycles. The van der Waals surface area contributed by atoms with Gasteiger partial charge in [-0.15, -0.1) is 0 Å². The molecule has 0 saturated carbocycles. The first-order valence-electron chi connectivity index (χ1n) is 2.90. The first kappa shape index (κ1) is 8.81. The van der Waals surface area contributed by atoms with Crippen molar-refractivity contribution in [3.05, 3.63) is 0 Å². The molecule has 0 spiro atoms. The van der Waals surface area contributed by atoms with Gasteiger partial charge < -0.3 is 10.5 Å². The van der Waals surface area contributed by atoms with Crippen LogP contribution < -0.4 is 5.73 Å². The Balaban J connectivity index is 3.39. The Morgan fingerprint density at radius 2 is 1.90 bits per heavy atom. The molecular weight excluding hydrogens is 134 g/mol. The van der Waals surface area contributed by atoms with Gasteiger partial charge in [-0.25, -0.2) is 0 Å². The highest BCUT2D eigenvalue weighted by Crippen LogP contribution is 1.91. The van der Waals surface area contributed by atoms with Crippen molar-refractivity contribution in [1.82, 2.24) is 0 Å². The van der Waals surface area contributed by atoms with E-state index in [0.29, 0.717) is 6.29 Å². The Hall–Kier alpha value is -1.19. The smallest absolute Gasteiger partial charge is 0.217 e. The number of hydrogen-bond acceptors (Lipinski definition) is 3. The van der Waals surface area contributed by atoms with E-state index in [9.17, 15) is 14.4 Å². The van der Waals surface area contributed by atoms with Crippen molar-refractivity contribution in [1.29, 1.82) is 0 Å². The summed E-state index contributed by atoms with van der Waals surface area (Å²) in [6, 6.07) is 0. The van der Waals surface area contributed by atoms with Gasteiger partial charge in [0.05, 0.1) is 6.42 Å². The summed E-state index contributed by atoms with van der Waals surface area (Å²) in [6.07, 6.45) is 0.511. The van der Waals surface area contributed by atoms with Crippen molar-refractivity contribution in [3.8, 4) is 0 Å². The van der Waals surface area contributed by atoms with Gasteiger partial charge in [0.2, 0.25) is 5.91 Å². The summed E-state index contributed by atoms with van der Waals surface area (Å²) in [5.41, 5.74) is 4.76. The summed E-state index contributed by atoms with van der Waals surface area (Å²) in [4.78, 5) is 30.3. The quantitative estimate of drug-likeness (QED) is 0.412. The Morgan fingerprint density at radius 1 is 1.30 bits per heavy atom. The van der Waals surface area contributed by atoms with E-state index in [0.717, 1.165) is 0 Å².